The molecule has 2 saturated heterocycles. The summed E-state index contributed by atoms with van der Waals surface area (Å²) < 4.78 is 32.7. The van der Waals surface area contributed by atoms with Crippen LogP contribution in [0.2, 0.25) is 0 Å². The van der Waals surface area contributed by atoms with Gasteiger partial charge in [-0.1, -0.05) is 26.0 Å². The maximum atomic E-state index is 13.0. The molecule has 2 fully saturated rings. The van der Waals surface area contributed by atoms with Gasteiger partial charge in [0.1, 0.15) is 24.4 Å². The van der Waals surface area contributed by atoms with Crippen molar-refractivity contribution in [2.75, 3.05) is 27.9 Å². The first-order valence-corrected chi connectivity index (χ1v) is 13.4. The van der Waals surface area contributed by atoms with Crippen LogP contribution in [0, 0.1) is 5.92 Å². The number of rotatable bonds is 9. The van der Waals surface area contributed by atoms with Crippen molar-refractivity contribution >= 4 is 5.97 Å². The lowest BCUT2D eigenvalue weighted by molar-refractivity contribution is -0.268. The van der Waals surface area contributed by atoms with Crippen LogP contribution in [-0.4, -0.2) is 95.7 Å². The number of carbonyl (C=O) groups is 1. The molecule has 8 unspecified atom stereocenters. The Kier molecular flexibility index (Phi) is 10.8. The molecule has 8 atom stereocenters. The van der Waals surface area contributed by atoms with Crippen LogP contribution < -0.4 is 18.9 Å². The summed E-state index contributed by atoms with van der Waals surface area (Å²) in [6.45, 7) is 4.99. The van der Waals surface area contributed by atoms with Gasteiger partial charge in [-0.05, 0) is 42.3 Å². The monoisotopic (exact) mass is 580 g/mol. The van der Waals surface area contributed by atoms with Gasteiger partial charge in [0, 0.05) is 6.42 Å². The third-order valence-corrected chi connectivity index (χ3v) is 7.25. The number of carbonyl (C=O) groups excluding carboxylic acids is 1. The first kappa shape index (κ1) is 32.4. The molecule has 0 bridgehead atoms. The predicted octanol–water partition coefficient (Wildman–Crippen LogP) is 1.13. The highest BCUT2D eigenvalue weighted by molar-refractivity contribution is 5.83. The average molecular weight is 581 g/mol. The molecule has 2 heterocycles. The summed E-state index contributed by atoms with van der Waals surface area (Å²) in [5.74, 6) is -0.650. The highest BCUT2D eigenvalue weighted by atomic mass is 16.7. The van der Waals surface area contributed by atoms with Gasteiger partial charge in [-0.15, -0.1) is 0 Å². The number of hydrogen-bond acceptors (Lipinski definition) is 12. The molecule has 2 aliphatic rings. The minimum Gasteiger partial charge on any atom is -0.493 e. The van der Waals surface area contributed by atoms with E-state index in [4.69, 9.17) is 28.4 Å². The Balaban J connectivity index is 0.00000226. The van der Waals surface area contributed by atoms with Crippen molar-refractivity contribution in [3.8, 4) is 23.0 Å². The number of hydrogen-bond donors (Lipinski definition) is 5. The van der Waals surface area contributed by atoms with Crippen molar-refractivity contribution in [3.63, 3.8) is 0 Å². The molecule has 2 aromatic carbocycles. The van der Waals surface area contributed by atoms with E-state index in [1.165, 1.54) is 40.4 Å². The van der Waals surface area contributed by atoms with Crippen LogP contribution in [-0.2, 0) is 20.7 Å². The van der Waals surface area contributed by atoms with E-state index in [2.05, 4.69) is 0 Å². The topological polar surface area (TPSA) is 174 Å². The summed E-state index contributed by atoms with van der Waals surface area (Å²) in [7, 11) is 4.34. The third-order valence-electron chi connectivity index (χ3n) is 7.25. The van der Waals surface area contributed by atoms with E-state index in [0.29, 0.717) is 22.6 Å². The third kappa shape index (κ3) is 6.37. The van der Waals surface area contributed by atoms with Gasteiger partial charge in [-0.2, -0.15) is 0 Å². The molecular weight excluding hydrogens is 540 g/mol. The number of benzene rings is 2. The van der Waals surface area contributed by atoms with Crippen LogP contribution >= 0.6 is 0 Å². The predicted molar refractivity (Wildman–Crippen MR) is 145 cm³/mol. The van der Waals surface area contributed by atoms with Crippen LogP contribution in [0.3, 0.4) is 0 Å². The minimum atomic E-state index is -2.06. The SMILES string of the molecule is CC.COc1ccc(C2OC(=O)C(O)(Cc3ccc(OC4OC(C)C(O)C(O)C4O)c(OC)c3)C2CO)cc1OC. The molecule has 12 nitrogen and oxygen atoms in total. The fraction of sp³-hybridized carbons (Fsp3) is 0.552. The fourth-order valence-electron chi connectivity index (χ4n) is 4.95. The molecular formula is C29H40O12. The molecule has 0 aliphatic carbocycles. The number of cyclic esters (lactones) is 1. The number of esters is 1. The van der Waals surface area contributed by atoms with Gasteiger partial charge in [0.05, 0.1) is 40.0 Å². The zero-order valence-electron chi connectivity index (χ0n) is 24.0. The molecule has 0 saturated carbocycles. The average Bonchev–Trinajstić information content (AvgIpc) is 3.24. The second kappa shape index (κ2) is 13.7. The molecule has 2 aromatic rings. The molecule has 4 rings (SSSR count). The van der Waals surface area contributed by atoms with Gasteiger partial charge in [-0.3, -0.25) is 0 Å². The number of ether oxygens (including phenoxy) is 6. The summed E-state index contributed by atoms with van der Waals surface area (Å²) in [6, 6.07) is 9.54. The quantitative estimate of drug-likeness (QED) is 0.268. The van der Waals surface area contributed by atoms with E-state index < -0.39 is 60.9 Å². The van der Waals surface area contributed by atoms with E-state index in [1.54, 1.807) is 24.3 Å². The molecule has 0 amide bonds. The van der Waals surface area contributed by atoms with Crippen LogP contribution in [0.5, 0.6) is 23.0 Å². The normalized spacial score (nSPS) is 31.0. The first-order chi connectivity index (χ1) is 19.6. The number of aliphatic hydroxyl groups excluding tert-OH is 4. The van der Waals surface area contributed by atoms with Gasteiger partial charge in [-0.25, -0.2) is 4.79 Å². The lowest BCUT2D eigenvalue weighted by Crippen LogP contribution is -2.58. The molecule has 0 aromatic heterocycles. The maximum absolute atomic E-state index is 13.0. The smallest absolute Gasteiger partial charge is 0.339 e. The molecule has 0 radical (unpaired) electrons. The minimum absolute atomic E-state index is 0.156. The zero-order valence-corrected chi connectivity index (χ0v) is 24.0. The molecule has 12 heteroatoms. The van der Waals surface area contributed by atoms with E-state index in [1.807, 2.05) is 13.8 Å². The fourth-order valence-corrected chi connectivity index (χ4v) is 4.95. The highest BCUT2D eigenvalue weighted by Gasteiger charge is 2.56. The van der Waals surface area contributed by atoms with Crippen molar-refractivity contribution in [2.24, 2.45) is 5.92 Å². The van der Waals surface area contributed by atoms with Gasteiger partial charge in [0.25, 0.3) is 0 Å². The van der Waals surface area contributed by atoms with Crippen molar-refractivity contribution < 1.29 is 58.7 Å². The summed E-state index contributed by atoms with van der Waals surface area (Å²) >= 11 is 0. The first-order valence-electron chi connectivity index (χ1n) is 13.4. The van der Waals surface area contributed by atoms with E-state index in [-0.39, 0.29) is 17.9 Å². The van der Waals surface area contributed by atoms with Crippen molar-refractivity contribution in [1.82, 2.24) is 0 Å². The zero-order chi connectivity index (χ0) is 30.5. The highest BCUT2D eigenvalue weighted by Crippen LogP contribution is 2.45. The van der Waals surface area contributed by atoms with Crippen LogP contribution in [0.15, 0.2) is 36.4 Å². The standard InChI is InChI=1S/C27H34O12.C2H6/c1-13-21(29)22(30)23(31)25(37-13)38-18-7-5-14(9-19(18)35-3)11-27(33)16(12-28)24(39-26(27)32)15-6-8-17(34-2)20(10-15)36-4;1-2/h5-10,13,16,21-25,28-31,33H,11-12H2,1-4H3;1-2H3. The van der Waals surface area contributed by atoms with Crippen LogP contribution in [0.25, 0.3) is 0 Å². The van der Waals surface area contributed by atoms with Crippen LogP contribution in [0.1, 0.15) is 38.0 Å². The Hall–Kier alpha value is -3.13. The summed E-state index contributed by atoms with van der Waals surface area (Å²) in [5.41, 5.74) is -1.07. The Bertz CT molecular complexity index is 1170. The molecule has 41 heavy (non-hydrogen) atoms. The van der Waals surface area contributed by atoms with Crippen molar-refractivity contribution in [1.29, 1.82) is 0 Å². The van der Waals surface area contributed by atoms with Crippen molar-refractivity contribution in [2.45, 2.75) is 69.6 Å². The Labute approximate surface area is 239 Å². The summed E-state index contributed by atoms with van der Waals surface area (Å²) in [6.07, 6.45) is -7.50. The van der Waals surface area contributed by atoms with E-state index >= 15 is 0 Å². The molecule has 228 valence electrons. The van der Waals surface area contributed by atoms with E-state index in [9.17, 15) is 30.3 Å². The number of aliphatic hydroxyl groups is 5. The second-order valence-electron chi connectivity index (χ2n) is 9.61. The lowest BCUT2D eigenvalue weighted by atomic mass is 9.80. The van der Waals surface area contributed by atoms with Gasteiger partial charge < -0.3 is 54.0 Å². The van der Waals surface area contributed by atoms with Crippen molar-refractivity contribution in [3.05, 3.63) is 47.5 Å². The number of methoxy groups -OCH3 is 3. The summed E-state index contributed by atoms with van der Waals surface area (Å²) in [4.78, 5) is 13.0. The molecule has 5 N–H and O–H groups in total. The maximum Gasteiger partial charge on any atom is 0.339 e. The Morgan fingerprint density at radius 3 is 2.07 bits per heavy atom. The summed E-state index contributed by atoms with van der Waals surface area (Å²) in [5, 5.41) is 51.9. The molecule has 2 aliphatic heterocycles. The van der Waals surface area contributed by atoms with Gasteiger partial charge in [0.15, 0.2) is 28.6 Å². The molecule has 0 spiro atoms. The van der Waals surface area contributed by atoms with Crippen LogP contribution in [0.4, 0.5) is 0 Å². The second-order valence-corrected chi connectivity index (χ2v) is 9.61. The van der Waals surface area contributed by atoms with E-state index in [0.717, 1.165) is 0 Å². The Morgan fingerprint density at radius 1 is 0.854 bits per heavy atom. The van der Waals surface area contributed by atoms with Gasteiger partial charge in [0.2, 0.25) is 6.29 Å². The Morgan fingerprint density at radius 2 is 1.46 bits per heavy atom. The largest absolute Gasteiger partial charge is 0.493 e. The lowest BCUT2D eigenvalue weighted by Gasteiger charge is -2.39. The van der Waals surface area contributed by atoms with Gasteiger partial charge >= 0.3 is 5.97 Å².